The molecule has 1 aromatic heterocycles. The molecule has 118 valence electrons. The normalized spacial score (nSPS) is 13.0. The minimum absolute atomic E-state index is 0.344. The Balaban J connectivity index is 2.17. The number of benzene rings is 1. The highest BCUT2D eigenvalue weighted by molar-refractivity contribution is 6.34. The van der Waals surface area contributed by atoms with Crippen LogP contribution in [0.25, 0.3) is 0 Å². The number of aliphatic hydroxyl groups excluding tert-OH is 1. The molecule has 1 atom stereocenters. The molecule has 5 nitrogen and oxygen atoms in total. The highest BCUT2D eigenvalue weighted by atomic mass is 35.5. The topological polar surface area (TPSA) is 67.2 Å². The third-order valence-corrected chi connectivity index (χ3v) is 3.75. The van der Waals surface area contributed by atoms with Gasteiger partial charge in [0.2, 0.25) is 0 Å². The first-order valence-electron chi connectivity index (χ1n) is 6.64. The van der Waals surface area contributed by atoms with E-state index in [0.29, 0.717) is 15.6 Å². The maximum atomic E-state index is 12.3. The predicted octanol–water partition coefficient (Wildman–Crippen LogP) is 2.81. The van der Waals surface area contributed by atoms with E-state index in [1.54, 1.807) is 17.9 Å². The number of aryl methyl sites for hydroxylation is 1. The number of carbonyl (C=O) groups is 1. The van der Waals surface area contributed by atoms with Crippen molar-refractivity contribution in [2.24, 2.45) is 7.05 Å². The van der Waals surface area contributed by atoms with Crippen LogP contribution in [0.1, 0.15) is 31.1 Å². The molecule has 0 aliphatic heterocycles. The monoisotopic (exact) mass is 341 g/mol. The molecule has 2 rings (SSSR count). The Morgan fingerprint density at radius 3 is 2.41 bits per heavy atom. The van der Waals surface area contributed by atoms with Gasteiger partial charge in [-0.1, -0.05) is 23.2 Å². The largest absolute Gasteiger partial charge is 0.378 e. The first-order chi connectivity index (χ1) is 10.2. The fourth-order valence-electron chi connectivity index (χ4n) is 2.08. The van der Waals surface area contributed by atoms with Gasteiger partial charge in [-0.3, -0.25) is 9.48 Å². The molecule has 2 aromatic rings. The minimum atomic E-state index is -1.35. The molecule has 0 bridgehead atoms. The van der Waals surface area contributed by atoms with Crippen LogP contribution in [0.3, 0.4) is 0 Å². The summed E-state index contributed by atoms with van der Waals surface area (Å²) in [5.41, 5.74) is 0.506. The van der Waals surface area contributed by atoms with Crippen LogP contribution in [-0.4, -0.2) is 20.8 Å². The summed E-state index contributed by atoms with van der Waals surface area (Å²) in [5.74, 6) is -0.535. The molecule has 1 unspecified atom stereocenters. The molecule has 0 aliphatic rings. The van der Waals surface area contributed by atoms with Gasteiger partial charge in [-0.2, -0.15) is 5.10 Å². The zero-order chi connectivity index (χ0) is 16.5. The van der Waals surface area contributed by atoms with Crippen molar-refractivity contribution in [1.29, 1.82) is 0 Å². The molecule has 0 saturated heterocycles. The molecule has 22 heavy (non-hydrogen) atoms. The van der Waals surface area contributed by atoms with Gasteiger partial charge in [0, 0.05) is 28.9 Å². The number of aliphatic hydroxyl groups is 1. The van der Waals surface area contributed by atoms with E-state index in [1.165, 1.54) is 18.2 Å². The van der Waals surface area contributed by atoms with Crippen LogP contribution < -0.4 is 5.32 Å². The van der Waals surface area contributed by atoms with Crippen LogP contribution in [0.15, 0.2) is 30.6 Å². The number of hydrogen-bond acceptors (Lipinski definition) is 3. The highest BCUT2D eigenvalue weighted by Gasteiger charge is 2.28. The van der Waals surface area contributed by atoms with Crippen LogP contribution in [0.5, 0.6) is 0 Å². The van der Waals surface area contributed by atoms with E-state index >= 15 is 0 Å². The third kappa shape index (κ3) is 3.80. The Labute approximate surface area is 138 Å². The Morgan fingerprint density at radius 1 is 1.32 bits per heavy atom. The Kier molecular flexibility index (Phi) is 4.80. The second-order valence-electron chi connectivity index (χ2n) is 5.62. The number of nitrogens with zero attached hydrogens (tertiary/aromatic N) is 2. The van der Waals surface area contributed by atoms with Gasteiger partial charge < -0.3 is 10.4 Å². The first kappa shape index (κ1) is 16.8. The van der Waals surface area contributed by atoms with E-state index in [0.717, 1.165) is 5.56 Å². The second kappa shape index (κ2) is 6.28. The van der Waals surface area contributed by atoms with Gasteiger partial charge in [0.1, 0.15) is 0 Å². The molecule has 1 amide bonds. The lowest BCUT2D eigenvalue weighted by Crippen LogP contribution is -2.43. The minimum Gasteiger partial charge on any atom is -0.378 e. The lowest BCUT2D eigenvalue weighted by atomic mass is 9.96. The van der Waals surface area contributed by atoms with Gasteiger partial charge in [0.25, 0.3) is 5.91 Å². The van der Waals surface area contributed by atoms with Gasteiger partial charge in [-0.05, 0) is 37.6 Å². The van der Waals surface area contributed by atoms with E-state index in [9.17, 15) is 9.90 Å². The van der Waals surface area contributed by atoms with E-state index in [-0.39, 0.29) is 0 Å². The van der Waals surface area contributed by atoms with Crippen LogP contribution in [0.2, 0.25) is 10.0 Å². The number of halogens is 2. The lowest BCUT2D eigenvalue weighted by Gasteiger charge is -2.26. The van der Waals surface area contributed by atoms with Gasteiger partial charge in [-0.15, -0.1) is 0 Å². The zero-order valence-electron chi connectivity index (χ0n) is 12.5. The van der Waals surface area contributed by atoms with Crippen LogP contribution in [0.4, 0.5) is 0 Å². The summed E-state index contributed by atoms with van der Waals surface area (Å²) >= 11 is 11.8. The van der Waals surface area contributed by atoms with Crippen molar-refractivity contribution >= 4 is 29.1 Å². The molecule has 7 heteroatoms. The molecule has 1 aromatic carbocycles. The van der Waals surface area contributed by atoms with E-state index in [2.05, 4.69) is 10.4 Å². The van der Waals surface area contributed by atoms with E-state index in [4.69, 9.17) is 23.2 Å². The van der Waals surface area contributed by atoms with Crippen LogP contribution >= 0.6 is 23.2 Å². The van der Waals surface area contributed by atoms with E-state index in [1.807, 2.05) is 20.0 Å². The van der Waals surface area contributed by atoms with Gasteiger partial charge in [0.05, 0.1) is 11.7 Å². The maximum Gasteiger partial charge on any atom is 0.254 e. The number of nitrogens with one attached hydrogen (secondary N) is 1. The number of amides is 1. The van der Waals surface area contributed by atoms with Crippen molar-refractivity contribution in [3.8, 4) is 0 Å². The lowest BCUT2D eigenvalue weighted by molar-refractivity contribution is -0.131. The van der Waals surface area contributed by atoms with Crippen LogP contribution in [0, 0.1) is 0 Å². The summed E-state index contributed by atoms with van der Waals surface area (Å²) in [6, 6.07) is 4.56. The SMILES string of the molecule is Cn1cc(C(C)(C)NC(=O)C(O)c2cc(Cl)cc(Cl)c2)cn1. The third-order valence-electron chi connectivity index (χ3n) is 3.31. The Bertz CT molecular complexity index is 678. The van der Waals surface area contributed by atoms with Crippen molar-refractivity contribution in [3.63, 3.8) is 0 Å². The van der Waals surface area contributed by atoms with Crippen molar-refractivity contribution in [2.45, 2.75) is 25.5 Å². The molecule has 2 N–H and O–H groups in total. The summed E-state index contributed by atoms with van der Waals surface area (Å²) in [5, 5.41) is 17.8. The summed E-state index contributed by atoms with van der Waals surface area (Å²) in [6.07, 6.45) is 2.12. The Morgan fingerprint density at radius 2 is 1.91 bits per heavy atom. The summed E-state index contributed by atoms with van der Waals surface area (Å²) in [7, 11) is 1.80. The molecule has 0 spiro atoms. The standard InChI is InChI=1S/C15H17Cl2N3O2/c1-15(2,10-7-18-20(3)8-10)19-14(22)13(21)9-4-11(16)6-12(17)5-9/h4-8,13,21H,1-3H3,(H,19,22). The second-order valence-corrected chi connectivity index (χ2v) is 6.50. The fourth-order valence-corrected chi connectivity index (χ4v) is 2.62. The van der Waals surface area contributed by atoms with Crippen molar-refractivity contribution in [2.75, 3.05) is 0 Å². The smallest absolute Gasteiger partial charge is 0.254 e. The average Bonchev–Trinajstić information content (AvgIpc) is 2.83. The van der Waals surface area contributed by atoms with Crippen LogP contribution in [-0.2, 0) is 17.4 Å². The predicted molar refractivity (Wildman–Crippen MR) is 85.8 cm³/mol. The summed E-state index contributed by atoms with van der Waals surface area (Å²) in [6.45, 7) is 3.67. The molecule has 0 radical (unpaired) electrons. The number of carbonyl (C=O) groups excluding carboxylic acids is 1. The van der Waals surface area contributed by atoms with Crippen molar-refractivity contribution in [3.05, 3.63) is 51.8 Å². The maximum absolute atomic E-state index is 12.3. The number of rotatable bonds is 4. The van der Waals surface area contributed by atoms with Crippen molar-refractivity contribution in [1.82, 2.24) is 15.1 Å². The molecule has 0 aliphatic carbocycles. The fraction of sp³-hybridized carbons (Fsp3) is 0.333. The zero-order valence-corrected chi connectivity index (χ0v) is 14.0. The number of hydrogen-bond donors (Lipinski definition) is 2. The van der Waals surface area contributed by atoms with E-state index < -0.39 is 17.6 Å². The Hall–Kier alpha value is -1.56. The molecule has 0 saturated carbocycles. The molecule has 1 heterocycles. The quantitative estimate of drug-likeness (QED) is 0.898. The average molecular weight is 342 g/mol. The van der Waals surface area contributed by atoms with Gasteiger partial charge in [-0.25, -0.2) is 0 Å². The van der Waals surface area contributed by atoms with Gasteiger partial charge in [0.15, 0.2) is 6.10 Å². The number of aromatic nitrogens is 2. The molecular formula is C15H17Cl2N3O2. The highest BCUT2D eigenvalue weighted by Crippen LogP contribution is 2.25. The summed E-state index contributed by atoms with van der Waals surface area (Å²) < 4.78 is 1.65. The molecule has 0 fully saturated rings. The van der Waals surface area contributed by atoms with Gasteiger partial charge >= 0.3 is 0 Å². The first-order valence-corrected chi connectivity index (χ1v) is 7.40. The summed E-state index contributed by atoms with van der Waals surface area (Å²) in [4.78, 5) is 12.3. The molecular weight excluding hydrogens is 325 g/mol. The van der Waals surface area contributed by atoms with Crippen molar-refractivity contribution < 1.29 is 9.90 Å².